The minimum Gasteiger partial charge on any atom is -0.305 e. The summed E-state index contributed by atoms with van der Waals surface area (Å²) < 4.78 is 4.13. The number of nitrogens with zero attached hydrogens (tertiary/aromatic N) is 6. The lowest BCUT2D eigenvalue weighted by Gasteiger charge is -2.22. The van der Waals surface area contributed by atoms with Crippen LogP contribution in [0, 0.1) is 0 Å². The summed E-state index contributed by atoms with van der Waals surface area (Å²) in [7, 11) is 0. The normalized spacial score (nSPS) is 17.5. The van der Waals surface area contributed by atoms with Crippen LogP contribution >= 0.6 is 0 Å². The molecule has 0 saturated carbocycles. The van der Waals surface area contributed by atoms with E-state index in [-0.39, 0.29) is 0 Å². The van der Waals surface area contributed by atoms with Gasteiger partial charge in [-0.15, -0.1) is 0 Å². The van der Waals surface area contributed by atoms with Gasteiger partial charge in [-0.3, -0.25) is 14.6 Å². The molecule has 0 aromatic carbocycles. The van der Waals surface area contributed by atoms with Crippen molar-refractivity contribution >= 4 is 5.52 Å². The molecule has 142 valence electrons. The number of aromatic nitrogens is 5. The first-order valence-electron chi connectivity index (χ1n) is 9.94. The van der Waals surface area contributed by atoms with Gasteiger partial charge in [0.1, 0.15) is 0 Å². The van der Waals surface area contributed by atoms with E-state index in [2.05, 4.69) is 56.9 Å². The second-order valence-electron chi connectivity index (χ2n) is 7.41. The predicted octanol–water partition coefficient (Wildman–Crippen LogP) is 3.95. The number of aryl methyl sites for hydroxylation is 1. The first-order valence-corrected chi connectivity index (χ1v) is 9.94. The molecule has 1 aliphatic rings. The Morgan fingerprint density at radius 2 is 2.07 bits per heavy atom. The summed E-state index contributed by atoms with van der Waals surface area (Å²) in [6, 6.07) is 8.77. The fourth-order valence-corrected chi connectivity index (χ4v) is 4.20. The number of pyridine rings is 2. The molecule has 6 nitrogen and oxygen atoms in total. The Morgan fingerprint density at radius 1 is 1.11 bits per heavy atom. The fourth-order valence-electron chi connectivity index (χ4n) is 4.20. The summed E-state index contributed by atoms with van der Waals surface area (Å²) in [6.07, 6.45) is 14.3. The molecule has 0 aliphatic carbocycles. The second-order valence-corrected chi connectivity index (χ2v) is 7.41. The van der Waals surface area contributed by atoms with Crippen LogP contribution in [0.1, 0.15) is 37.1 Å². The van der Waals surface area contributed by atoms with Gasteiger partial charge in [0.15, 0.2) is 0 Å². The highest BCUT2D eigenvalue weighted by atomic mass is 15.3. The van der Waals surface area contributed by atoms with Gasteiger partial charge in [0, 0.05) is 49.0 Å². The van der Waals surface area contributed by atoms with E-state index in [1.807, 2.05) is 29.5 Å². The molecular formula is C22H24N6. The van der Waals surface area contributed by atoms with Gasteiger partial charge in [0.05, 0.1) is 29.8 Å². The molecule has 4 aromatic rings. The van der Waals surface area contributed by atoms with E-state index in [0.717, 1.165) is 37.2 Å². The summed E-state index contributed by atoms with van der Waals surface area (Å²) in [5.74, 6) is 0. The molecule has 0 N–H and O–H groups in total. The van der Waals surface area contributed by atoms with Crippen molar-refractivity contribution < 1.29 is 0 Å². The van der Waals surface area contributed by atoms with Gasteiger partial charge in [-0.05, 0) is 44.0 Å². The number of hydrogen-bond donors (Lipinski definition) is 0. The molecule has 5 rings (SSSR count). The van der Waals surface area contributed by atoms with E-state index in [0.29, 0.717) is 6.04 Å². The quantitative estimate of drug-likeness (QED) is 0.532. The maximum Gasteiger partial charge on any atom is 0.0996 e. The van der Waals surface area contributed by atoms with Crippen molar-refractivity contribution in [3.63, 3.8) is 0 Å². The maximum atomic E-state index is 4.81. The van der Waals surface area contributed by atoms with Crippen LogP contribution in [0.2, 0.25) is 0 Å². The maximum absolute atomic E-state index is 4.81. The number of imidazole rings is 1. The third-order valence-corrected chi connectivity index (χ3v) is 5.63. The van der Waals surface area contributed by atoms with Crippen LogP contribution in [0.5, 0.6) is 0 Å². The molecule has 0 radical (unpaired) electrons. The number of rotatable bonds is 5. The van der Waals surface area contributed by atoms with Crippen molar-refractivity contribution in [2.24, 2.45) is 0 Å². The van der Waals surface area contributed by atoms with Crippen molar-refractivity contribution in [2.75, 3.05) is 6.54 Å². The molecule has 0 unspecified atom stereocenters. The summed E-state index contributed by atoms with van der Waals surface area (Å²) in [4.78, 5) is 11.6. The Kier molecular flexibility index (Phi) is 4.41. The van der Waals surface area contributed by atoms with Crippen molar-refractivity contribution in [3.05, 3.63) is 72.8 Å². The van der Waals surface area contributed by atoms with E-state index in [9.17, 15) is 0 Å². The zero-order chi connectivity index (χ0) is 18.9. The first kappa shape index (κ1) is 17.1. The van der Waals surface area contributed by atoms with Gasteiger partial charge in [-0.25, -0.2) is 4.98 Å². The van der Waals surface area contributed by atoms with Crippen LogP contribution < -0.4 is 0 Å². The van der Waals surface area contributed by atoms with Crippen molar-refractivity contribution in [1.29, 1.82) is 0 Å². The minimum absolute atomic E-state index is 0.360. The topological polar surface area (TPSA) is 51.2 Å². The van der Waals surface area contributed by atoms with Gasteiger partial charge in [-0.2, -0.15) is 5.10 Å². The average molecular weight is 372 g/mol. The molecule has 6 heteroatoms. The Balaban J connectivity index is 1.43. The van der Waals surface area contributed by atoms with Crippen LogP contribution in [0.25, 0.3) is 16.6 Å². The van der Waals surface area contributed by atoms with Gasteiger partial charge in [0.25, 0.3) is 0 Å². The summed E-state index contributed by atoms with van der Waals surface area (Å²) >= 11 is 0. The lowest BCUT2D eigenvalue weighted by Crippen LogP contribution is -2.23. The highest BCUT2D eigenvalue weighted by molar-refractivity contribution is 5.66. The molecule has 1 saturated heterocycles. The largest absolute Gasteiger partial charge is 0.305 e. The Labute approximate surface area is 164 Å². The van der Waals surface area contributed by atoms with Gasteiger partial charge < -0.3 is 4.40 Å². The Hall–Kier alpha value is -2.99. The molecule has 1 fully saturated rings. The molecule has 1 aliphatic heterocycles. The van der Waals surface area contributed by atoms with Gasteiger partial charge in [-0.1, -0.05) is 12.1 Å². The van der Waals surface area contributed by atoms with Crippen LogP contribution in [-0.2, 0) is 13.1 Å². The lowest BCUT2D eigenvalue weighted by molar-refractivity contribution is 0.246. The molecule has 1 atom stereocenters. The van der Waals surface area contributed by atoms with Gasteiger partial charge in [0.2, 0.25) is 0 Å². The SMILES string of the molecule is CCn1cc(CN2CCC[C@H]2c2ncn3cc(-c4cccnc4)ccc23)cn1. The van der Waals surface area contributed by atoms with Crippen molar-refractivity contribution in [1.82, 2.24) is 29.0 Å². The highest BCUT2D eigenvalue weighted by Gasteiger charge is 2.29. The van der Waals surface area contributed by atoms with Crippen LogP contribution in [-0.4, -0.2) is 35.6 Å². The molecule has 28 heavy (non-hydrogen) atoms. The third-order valence-electron chi connectivity index (χ3n) is 5.63. The van der Waals surface area contributed by atoms with E-state index in [1.54, 1.807) is 6.20 Å². The Morgan fingerprint density at radius 3 is 2.89 bits per heavy atom. The minimum atomic E-state index is 0.360. The highest BCUT2D eigenvalue weighted by Crippen LogP contribution is 2.35. The smallest absolute Gasteiger partial charge is 0.0996 e. The monoisotopic (exact) mass is 372 g/mol. The van der Waals surface area contributed by atoms with E-state index < -0.39 is 0 Å². The lowest BCUT2D eigenvalue weighted by atomic mass is 10.1. The van der Waals surface area contributed by atoms with Crippen LogP contribution in [0.4, 0.5) is 0 Å². The summed E-state index contributed by atoms with van der Waals surface area (Å²) in [5.41, 5.74) is 5.91. The van der Waals surface area contributed by atoms with E-state index >= 15 is 0 Å². The number of hydrogen-bond acceptors (Lipinski definition) is 4. The molecule has 0 spiro atoms. The first-order chi connectivity index (χ1) is 13.8. The molecular weight excluding hydrogens is 348 g/mol. The molecule has 0 bridgehead atoms. The number of fused-ring (bicyclic) bond motifs is 1. The zero-order valence-electron chi connectivity index (χ0n) is 16.1. The summed E-state index contributed by atoms with van der Waals surface area (Å²) in [6.45, 7) is 5.06. The van der Waals surface area contributed by atoms with E-state index in [4.69, 9.17) is 4.98 Å². The fraction of sp³-hybridized carbons (Fsp3) is 0.318. The standard InChI is InChI=1S/C22H24N6/c1-2-28-14-17(11-25-28)13-26-10-4-6-20(26)22-21-8-7-19(15-27(21)16-24-22)18-5-3-9-23-12-18/h3,5,7-9,11-12,14-16,20H,2,4,6,10,13H2,1H3/t20-/m0/s1. The second kappa shape index (κ2) is 7.20. The van der Waals surface area contributed by atoms with Gasteiger partial charge >= 0.3 is 0 Å². The number of likely N-dealkylation sites (tertiary alicyclic amines) is 1. The average Bonchev–Trinajstić information content (AvgIpc) is 3.48. The Bertz CT molecular complexity index is 1080. The summed E-state index contributed by atoms with van der Waals surface area (Å²) in [5, 5.41) is 4.42. The van der Waals surface area contributed by atoms with E-state index in [1.165, 1.54) is 23.2 Å². The predicted molar refractivity (Wildman–Crippen MR) is 109 cm³/mol. The molecule has 0 amide bonds. The molecule has 4 aromatic heterocycles. The molecule has 5 heterocycles. The van der Waals surface area contributed by atoms with Crippen molar-refractivity contribution in [3.8, 4) is 11.1 Å². The van der Waals surface area contributed by atoms with Crippen LogP contribution in [0.3, 0.4) is 0 Å². The van der Waals surface area contributed by atoms with Crippen molar-refractivity contribution in [2.45, 2.75) is 38.9 Å². The zero-order valence-corrected chi connectivity index (χ0v) is 16.1. The van der Waals surface area contributed by atoms with Crippen LogP contribution in [0.15, 0.2) is 61.6 Å². The third kappa shape index (κ3) is 3.10.